The van der Waals surface area contributed by atoms with E-state index < -0.39 is 89.5 Å². The number of nitrogens with one attached hydrogen (secondary N) is 2. The minimum absolute atomic E-state index is 0.0567. The van der Waals surface area contributed by atoms with Crippen LogP contribution in [-0.2, 0) is 38.1 Å². The summed E-state index contributed by atoms with van der Waals surface area (Å²) in [5.74, 6) is -5.94. The number of nitrogens with zero attached hydrogens (tertiary/aromatic N) is 2. The highest BCUT2D eigenvalue weighted by Crippen LogP contribution is 2.40. The third-order valence-corrected chi connectivity index (χ3v) is 12.1. The first-order valence-electron chi connectivity index (χ1n) is 20.2. The van der Waals surface area contributed by atoms with Crippen molar-refractivity contribution in [3.8, 4) is 0 Å². The second-order valence-electron chi connectivity index (χ2n) is 16.8. The number of rotatable bonds is 8. The van der Waals surface area contributed by atoms with Gasteiger partial charge in [0.15, 0.2) is 17.7 Å². The molecule has 0 spiro atoms. The van der Waals surface area contributed by atoms with Crippen molar-refractivity contribution >= 4 is 46.7 Å². The molecule has 3 aliphatic rings. The van der Waals surface area contributed by atoms with E-state index in [0.717, 1.165) is 16.5 Å². The zero-order valence-corrected chi connectivity index (χ0v) is 35.2. The number of fused-ring (bicyclic) bond motifs is 2. The number of aliphatic hydroxyl groups is 1. The van der Waals surface area contributed by atoms with Gasteiger partial charge >= 0.3 is 18.2 Å². The second kappa shape index (κ2) is 18.2. The number of aromatic nitrogens is 1. The maximum absolute atomic E-state index is 14.4. The zero-order chi connectivity index (χ0) is 42.7. The summed E-state index contributed by atoms with van der Waals surface area (Å²) in [6.07, 6.45) is -0.927. The summed E-state index contributed by atoms with van der Waals surface area (Å²) >= 11 is 0. The maximum Gasteiger partial charge on any atom is 0.408 e. The average molecular weight is 809 g/mol. The van der Waals surface area contributed by atoms with Gasteiger partial charge in [-0.1, -0.05) is 58.0 Å². The smallest absolute Gasteiger partial charge is 0.408 e. The quantitative estimate of drug-likeness (QED) is 0.187. The van der Waals surface area contributed by atoms with E-state index in [9.17, 15) is 29.1 Å². The summed E-state index contributed by atoms with van der Waals surface area (Å²) in [7, 11) is 3.65. The number of carbonyl (C=O) groups is 5. The number of amides is 2. The van der Waals surface area contributed by atoms with Gasteiger partial charge in [-0.2, -0.15) is 0 Å². The van der Waals surface area contributed by atoms with E-state index in [1.54, 1.807) is 53.8 Å². The van der Waals surface area contributed by atoms with E-state index in [4.69, 9.17) is 23.7 Å². The third kappa shape index (κ3) is 9.54. The monoisotopic (exact) mass is 808 g/mol. The normalized spacial score (nSPS) is 36.5. The first-order valence-corrected chi connectivity index (χ1v) is 20.2. The van der Waals surface area contributed by atoms with Crippen LogP contribution < -0.4 is 10.6 Å². The Morgan fingerprint density at radius 1 is 1.07 bits per heavy atom. The van der Waals surface area contributed by atoms with Crippen molar-refractivity contribution in [2.24, 2.45) is 23.7 Å². The molecule has 15 nitrogen and oxygen atoms in total. The molecule has 0 saturated carbocycles. The molecule has 2 amide bonds. The number of Topliss-reactive ketones (excluding diaryl/α,β-unsaturated/α-hetero) is 2. The van der Waals surface area contributed by atoms with Crippen molar-refractivity contribution in [1.29, 1.82) is 0 Å². The predicted octanol–water partition coefficient (Wildman–Crippen LogP) is 4.82. The van der Waals surface area contributed by atoms with Gasteiger partial charge in [0.1, 0.15) is 35.6 Å². The molecule has 5 rings (SSSR count). The molecule has 0 radical (unpaired) electrons. The summed E-state index contributed by atoms with van der Waals surface area (Å²) in [6, 6.07) is 8.41. The Morgan fingerprint density at radius 2 is 1.78 bits per heavy atom. The molecular weight excluding hydrogens is 748 g/mol. The molecule has 3 aliphatic heterocycles. The fourth-order valence-electron chi connectivity index (χ4n) is 8.85. The summed E-state index contributed by atoms with van der Waals surface area (Å²) in [4.78, 5) is 75.5. The molecule has 13 atom stereocenters. The van der Waals surface area contributed by atoms with E-state index >= 15 is 0 Å². The molecule has 0 bridgehead atoms. The summed E-state index contributed by atoms with van der Waals surface area (Å²) in [5.41, 5.74) is -1.50. The Labute approximate surface area is 340 Å². The largest absolute Gasteiger partial charge is 0.458 e. The zero-order valence-electron chi connectivity index (χ0n) is 35.2. The van der Waals surface area contributed by atoms with Crippen LogP contribution in [0.4, 0.5) is 9.59 Å². The molecule has 0 unspecified atom stereocenters. The Morgan fingerprint density at radius 3 is 2.47 bits per heavy atom. The molecule has 58 heavy (non-hydrogen) atoms. The van der Waals surface area contributed by atoms with Crippen LogP contribution in [-0.4, -0.2) is 119 Å². The number of likely N-dealkylation sites (N-methyl/N-ethyl adjacent to an activating group) is 1. The number of hydrogen-bond acceptors (Lipinski definition) is 13. The molecule has 3 fully saturated rings. The van der Waals surface area contributed by atoms with Gasteiger partial charge < -0.3 is 44.3 Å². The number of carbonyl (C=O) groups excluding carboxylic acids is 5. The fraction of sp³-hybridized carbons (Fsp3) is 0.628. The van der Waals surface area contributed by atoms with Gasteiger partial charge in [-0.3, -0.25) is 19.4 Å². The van der Waals surface area contributed by atoms with Gasteiger partial charge in [0.2, 0.25) is 0 Å². The minimum Gasteiger partial charge on any atom is -0.458 e. The highest BCUT2D eigenvalue weighted by molar-refractivity contribution is 6.00. The molecule has 2 aromatic rings. The first kappa shape index (κ1) is 44.7. The number of pyridine rings is 1. The summed E-state index contributed by atoms with van der Waals surface area (Å²) < 4.78 is 30.7. The van der Waals surface area contributed by atoms with Crippen molar-refractivity contribution in [2.75, 3.05) is 20.6 Å². The van der Waals surface area contributed by atoms with Crippen molar-refractivity contribution in [2.45, 2.75) is 129 Å². The maximum atomic E-state index is 14.4. The Bertz CT molecular complexity index is 1870. The number of benzene rings is 1. The molecule has 3 saturated heterocycles. The van der Waals surface area contributed by atoms with Crippen LogP contribution in [0.1, 0.15) is 80.2 Å². The molecular formula is C43H60N4O11. The molecule has 1 aromatic heterocycles. The van der Waals surface area contributed by atoms with E-state index in [-0.39, 0.29) is 37.3 Å². The topological polar surface area (TPSA) is 192 Å². The lowest BCUT2D eigenvalue weighted by molar-refractivity contribution is -0.292. The highest BCUT2D eigenvalue weighted by atomic mass is 16.7. The SMILES string of the molecule is CC[C@H]1OC(=O)[C@H](C)C(=O)[C@H](C)[C@@H](O[C@@H]2O[C@H](C)C[C@H](N(C)C)[C@H]2O)[C@@](C)(OC(=O)NC/C=C\c2cnc3ccccc3c2)C[C@@H](C)C(=O)[C@H](C)[C@H]2NC(=O)O[C@@]21C. The van der Waals surface area contributed by atoms with Crippen LogP contribution >= 0.6 is 0 Å². The Hall–Kier alpha value is -4.44. The lowest BCUT2D eigenvalue weighted by Gasteiger charge is -2.47. The van der Waals surface area contributed by atoms with Crippen LogP contribution in [0.2, 0.25) is 0 Å². The molecule has 1 aromatic carbocycles. The lowest BCUT2D eigenvalue weighted by atomic mass is 9.73. The average Bonchev–Trinajstić information content (AvgIpc) is 3.50. The highest BCUT2D eigenvalue weighted by Gasteiger charge is 2.57. The number of ketones is 2. The second-order valence-corrected chi connectivity index (χ2v) is 16.8. The molecule has 318 valence electrons. The Balaban J connectivity index is 1.51. The van der Waals surface area contributed by atoms with Gasteiger partial charge in [0.05, 0.1) is 17.7 Å². The first-order chi connectivity index (χ1) is 27.3. The standard InChI is InChI=1S/C43H60N4O11/c1-11-32-43(8)36(46-41(53)58-43)25(4)33(48)23(2)21-42(7,57-40(52)44-18-14-15-28-20-29-16-12-13-17-30(29)45-22-28)37(26(5)34(49)27(6)38(51)55-32)56-39-35(50)31(47(9)10)19-24(3)54-39/h12-17,20,22-27,31-32,35-37,39,50H,11,18-19,21H2,1-10H3,(H,44,52)(H,46,53)/b15-14-/t23-,24-,25+,26+,27-,31+,32-,35-,36-,37-,39+,42+,43-/m1/s1. The summed E-state index contributed by atoms with van der Waals surface area (Å²) in [6.45, 7) is 13.1. The van der Waals surface area contributed by atoms with Gasteiger partial charge in [-0.25, -0.2) is 9.59 Å². The number of cyclic esters (lactones) is 1. The van der Waals surface area contributed by atoms with Crippen LogP contribution in [0.5, 0.6) is 0 Å². The van der Waals surface area contributed by atoms with Crippen LogP contribution in [0, 0.1) is 23.7 Å². The van der Waals surface area contributed by atoms with Gasteiger partial charge in [0.25, 0.3) is 0 Å². The Kier molecular flexibility index (Phi) is 14.0. The molecule has 4 heterocycles. The fourth-order valence-corrected chi connectivity index (χ4v) is 8.85. The number of esters is 1. The molecule has 15 heteroatoms. The number of hydrogen-bond donors (Lipinski definition) is 3. The number of alkyl carbamates (subject to hydrolysis) is 2. The third-order valence-electron chi connectivity index (χ3n) is 12.1. The predicted molar refractivity (Wildman–Crippen MR) is 214 cm³/mol. The minimum atomic E-state index is -1.74. The van der Waals surface area contributed by atoms with Crippen molar-refractivity contribution < 1.29 is 52.8 Å². The van der Waals surface area contributed by atoms with E-state index in [0.29, 0.717) is 6.42 Å². The van der Waals surface area contributed by atoms with Crippen LogP contribution in [0.25, 0.3) is 17.0 Å². The molecule has 3 N–H and O–H groups in total. The van der Waals surface area contributed by atoms with Crippen LogP contribution in [0.3, 0.4) is 0 Å². The van der Waals surface area contributed by atoms with Crippen LogP contribution in [0.15, 0.2) is 42.6 Å². The van der Waals surface area contributed by atoms with Crippen molar-refractivity contribution in [3.63, 3.8) is 0 Å². The van der Waals surface area contributed by atoms with E-state index in [2.05, 4.69) is 15.6 Å². The van der Waals surface area contributed by atoms with Gasteiger partial charge in [-0.05, 0) is 78.7 Å². The van der Waals surface area contributed by atoms with E-state index in [1.165, 1.54) is 6.92 Å². The molecule has 0 aliphatic carbocycles. The van der Waals surface area contributed by atoms with E-state index in [1.807, 2.05) is 62.3 Å². The number of para-hydroxylation sites is 1. The lowest BCUT2D eigenvalue weighted by Crippen LogP contribution is -2.60. The number of aliphatic hydroxyl groups excluding tert-OH is 1. The van der Waals surface area contributed by atoms with Gasteiger partial charge in [-0.15, -0.1) is 0 Å². The number of ether oxygens (including phenoxy) is 5. The summed E-state index contributed by atoms with van der Waals surface area (Å²) in [5, 5.41) is 18.0. The van der Waals surface area contributed by atoms with Crippen molar-refractivity contribution in [1.82, 2.24) is 20.5 Å². The van der Waals surface area contributed by atoms with Gasteiger partial charge in [0, 0.05) is 41.9 Å². The van der Waals surface area contributed by atoms with Crippen molar-refractivity contribution in [3.05, 3.63) is 48.2 Å².